The van der Waals surface area contributed by atoms with Crippen molar-refractivity contribution in [3.63, 3.8) is 0 Å². The van der Waals surface area contributed by atoms with Crippen LogP contribution in [0.3, 0.4) is 0 Å². The lowest BCUT2D eigenvalue weighted by Gasteiger charge is -2.00. The van der Waals surface area contributed by atoms with Gasteiger partial charge in [-0.05, 0) is 13.8 Å². The molecule has 1 nitrogen and oxygen atoms in total. The fraction of sp³-hybridized carbons (Fsp3) is 1.00. The molecule has 1 N–H and O–H groups in total. The van der Waals surface area contributed by atoms with E-state index in [0.717, 1.165) is 6.04 Å². The SMILES string of the molecule is C[C@@H]1CS[C@@H](C)N1. The Labute approximate surface area is 48.9 Å². The molecular weight excluding hydrogens is 106 g/mol. The summed E-state index contributed by atoms with van der Waals surface area (Å²) in [6.07, 6.45) is 0. The minimum absolute atomic E-state index is 0.690. The molecule has 0 amide bonds. The van der Waals surface area contributed by atoms with Gasteiger partial charge in [-0.15, -0.1) is 11.8 Å². The average molecular weight is 117 g/mol. The highest BCUT2D eigenvalue weighted by molar-refractivity contribution is 8.00. The van der Waals surface area contributed by atoms with E-state index in [4.69, 9.17) is 0 Å². The van der Waals surface area contributed by atoms with Crippen LogP contribution in [0.4, 0.5) is 0 Å². The summed E-state index contributed by atoms with van der Waals surface area (Å²) >= 11 is 1.99. The molecule has 7 heavy (non-hydrogen) atoms. The van der Waals surface area contributed by atoms with Gasteiger partial charge in [-0.3, -0.25) is 0 Å². The lowest BCUT2D eigenvalue weighted by atomic mass is 10.4. The lowest BCUT2D eigenvalue weighted by Crippen LogP contribution is -2.24. The molecule has 1 rings (SSSR count). The first kappa shape index (κ1) is 5.45. The molecule has 1 aliphatic heterocycles. The Hall–Kier alpha value is 0.310. The first-order chi connectivity index (χ1) is 3.29. The number of rotatable bonds is 0. The zero-order valence-corrected chi connectivity index (χ0v) is 5.59. The fourth-order valence-corrected chi connectivity index (χ4v) is 1.79. The van der Waals surface area contributed by atoms with Crippen molar-refractivity contribution in [2.24, 2.45) is 0 Å². The molecular formula is C5H11NS. The van der Waals surface area contributed by atoms with Crippen molar-refractivity contribution in [2.45, 2.75) is 25.3 Å². The molecule has 1 fully saturated rings. The second-order valence-electron chi connectivity index (χ2n) is 2.04. The molecule has 0 spiro atoms. The summed E-state index contributed by atoms with van der Waals surface area (Å²) < 4.78 is 0. The van der Waals surface area contributed by atoms with Crippen molar-refractivity contribution in [1.82, 2.24) is 5.32 Å². The van der Waals surface area contributed by atoms with E-state index in [2.05, 4.69) is 19.2 Å². The van der Waals surface area contributed by atoms with Gasteiger partial charge in [0.25, 0.3) is 0 Å². The Morgan fingerprint density at radius 3 is 2.43 bits per heavy atom. The van der Waals surface area contributed by atoms with E-state index < -0.39 is 0 Å². The predicted molar refractivity (Wildman–Crippen MR) is 34.5 cm³/mol. The third-order valence-corrected chi connectivity index (χ3v) is 2.44. The average Bonchev–Trinajstić information content (AvgIpc) is 1.87. The van der Waals surface area contributed by atoms with Gasteiger partial charge in [0.2, 0.25) is 0 Å². The van der Waals surface area contributed by atoms with Gasteiger partial charge < -0.3 is 5.32 Å². The molecule has 0 aliphatic carbocycles. The van der Waals surface area contributed by atoms with Gasteiger partial charge in [0, 0.05) is 11.8 Å². The zero-order chi connectivity index (χ0) is 5.28. The minimum atomic E-state index is 0.690. The van der Waals surface area contributed by atoms with Crippen LogP contribution >= 0.6 is 11.8 Å². The van der Waals surface area contributed by atoms with Gasteiger partial charge in [0.1, 0.15) is 0 Å². The molecule has 2 heteroatoms. The molecule has 1 saturated heterocycles. The number of hydrogen-bond acceptors (Lipinski definition) is 2. The molecule has 0 radical (unpaired) electrons. The topological polar surface area (TPSA) is 12.0 Å². The van der Waals surface area contributed by atoms with Gasteiger partial charge in [0.05, 0.1) is 5.37 Å². The van der Waals surface area contributed by atoms with Gasteiger partial charge in [0.15, 0.2) is 0 Å². The lowest BCUT2D eigenvalue weighted by molar-refractivity contribution is 0.626. The Kier molecular flexibility index (Phi) is 1.60. The van der Waals surface area contributed by atoms with E-state index in [9.17, 15) is 0 Å². The highest BCUT2D eigenvalue weighted by Crippen LogP contribution is 2.16. The maximum Gasteiger partial charge on any atom is 0.0506 e. The van der Waals surface area contributed by atoms with Crippen LogP contribution in [0.5, 0.6) is 0 Å². The van der Waals surface area contributed by atoms with Crippen LogP contribution in [-0.4, -0.2) is 17.2 Å². The smallest absolute Gasteiger partial charge is 0.0506 e. The standard InChI is InChI=1S/C5H11NS/c1-4-3-7-5(2)6-4/h4-6H,3H2,1-2H3/t4-,5+/m1/s1. The Morgan fingerprint density at radius 1 is 1.57 bits per heavy atom. The van der Waals surface area contributed by atoms with E-state index in [-0.39, 0.29) is 0 Å². The molecule has 0 aromatic heterocycles. The second kappa shape index (κ2) is 2.05. The molecule has 42 valence electrons. The largest absolute Gasteiger partial charge is 0.302 e. The molecule has 0 unspecified atom stereocenters. The highest BCUT2D eigenvalue weighted by Gasteiger charge is 2.14. The van der Waals surface area contributed by atoms with E-state index in [1.54, 1.807) is 0 Å². The van der Waals surface area contributed by atoms with Crippen LogP contribution in [0.1, 0.15) is 13.8 Å². The van der Waals surface area contributed by atoms with Crippen LogP contribution in [0, 0.1) is 0 Å². The highest BCUT2D eigenvalue weighted by atomic mass is 32.2. The Balaban J connectivity index is 2.26. The quantitative estimate of drug-likeness (QED) is 0.509. The van der Waals surface area contributed by atoms with Crippen LogP contribution in [-0.2, 0) is 0 Å². The molecule has 1 heterocycles. The molecule has 0 saturated carbocycles. The molecule has 0 aromatic rings. The van der Waals surface area contributed by atoms with Crippen LogP contribution in [0.25, 0.3) is 0 Å². The number of hydrogen-bond donors (Lipinski definition) is 1. The summed E-state index contributed by atoms with van der Waals surface area (Å²) in [7, 11) is 0. The van der Waals surface area contributed by atoms with E-state index in [0.29, 0.717) is 5.37 Å². The third-order valence-electron chi connectivity index (χ3n) is 1.12. The van der Waals surface area contributed by atoms with Gasteiger partial charge in [-0.1, -0.05) is 0 Å². The van der Waals surface area contributed by atoms with Crippen molar-refractivity contribution in [3.05, 3.63) is 0 Å². The van der Waals surface area contributed by atoms with Crippen molar-refractivity contribution >= 4 is 11.8 Å². The van der Waals surface area contributed by atoms with Gasteiger partial charge in [-0.25, -0.2) is 0 Å². The third kappa shape index (κ3) is 1.35. The van der Waals surface area contributed by atoms with Crippen LogP contribution in [0.2, 0.25) is 0 Å². The Bertz CT molecular complexity index is 57.1. The summed E-state index contributed by atoms with van der Waals surface area (Å²) in [6, 6.07) is 0.736. The van der Waals surface area contributed by atoms with Crippen molar-refractivity contribution < 1.29 is 0 Å². The predicted octanol–water partition coefficient (Wildman–Crippen LogP) is 1.06. The monoisotopic (exact) mass is 117 g/mol. The number of nitrogens with one attached hydrogen (secondary N) is 1. The summed E-state index contributed by atoms with van der Waals surface area (Å²) in [5, 5.41) is 4.07. The summed E-state index contributed by atoms with van der Waals surface area (Å²) in [5.74, 6) is 1.28. The minimum Gasteiger partial charge on any atom is -0.302 e. The Morgan fingerprint density at radius 2 is 2.29 bits per heavy atom. The van der Waals surface area contributed by atoms with Gasteiger partial charge >= 0.3 is 0 Å². The second-order valence-corrected chi connectivity index (χ2v) is 3.42. The van der Waals surface area contributed by atoms with E-state index >= 15 is 0 Å². The maximum atomic E-state index is 3.38. The summed E-state index contributed by atoms with van der Waals surface area (Å²) in [4.78, 5) is 0. The summed E-state index contributed by atoms with van der Waals surface area (Å²) in [5.41, 5.74) is 0. The summed E-state index contributed by atoms with van der Waals surface area (Å²) in [6.45, 7) is 4.42. The van der Waals surface area contributed by atoms with Crippen LogP contribution in [0.15, 0.2) is 0 Å². The molecule has 0 bridgehead atoms. The molecule has 0 aromatic carbocycles. The van der Waals surface area contributed by atoms with E-state index in [1.807, 2.05) is 11.8 Å². The van der Waals surface area contributed by atoms with Gasteiger partial charge in [-0.2, -0.15) is 0 Å². The van der Waals surface area contributed by atoms with Crippen molar-refractivity contribution in [3.8, 4) is 0 Å². The molecule has 1 aliphatic rings. The first-order valence-electron chi connectivity index (χ1n) is 2.66. The fourth-order valence-electron chi connectivity index (χ4n) is 0.786. The van der Waals surface area contributed by atoms with Crippen molar-refractivity contribution in [1.29, 1.82) is 0 Å². The normalized spacial score (nSPS) is 42.0. The van der Waals surface area contributed by atoms with E-state index in [1.165, 1.54) is 5.75 Å². The zero-order valence-electron chi connectivity index (χ0n) is 4.77. The van der Waals surface area contributed by atoms with Crippen molar-refractivity contribution in [2.75, 3.05) is 5.75 Å². The first-order valence-corrected chi connectivity index (χ1v) is 3.71. The van der Waals surface area contributed by atoms with Crippen LogP contribution < -0.4 is 5.32 Å². The maximum absolute atomic E-state index is 3.38. The number of thioether (sulfide) groups is 1. The molecule has 2 atom stereocenters.